The summed E-state index contributed by atoms with van der Waals surface area (Å²) in [6.07, 6.45) is 3.75. The summed E-state index contributed by atoms with van der Waals surface area (Å²) in [7, 11) is 0. The number of hydrogen-bond donors (Lipinski definition) is 2. The molecule has 1 aromatic heterocycles. The number of amides is 1. The van der Waals surface area contributed by atoms with E-state index in [9.17, 15) is 4.79 Å². The molecule has 5 nitrogen and oxygen atoms in total. The number of carbonyl (C=O) groups excluding carboxylic acids is 1. The molecule has 0 saturated carbocycles. The van der Waals surface area contributed by atoms with Crippen LogP contribution < -0.4 is 10.6 Å². The Morgan fingerprint density at radius 3 is 2.62 bits per heavy atom. The number of rotatable bonds is 7. The molecule has 2 rings (SSSR count). The second kappa shape index (κ2) is 8.85. The number of anilines is 1. The van der Waals surface area contributed by atoms with E-state index in [4.69, 9.17) is 23.2 Å². The molecule has 0 aliphatic carbocycles. The Bertz CT molecular complexity index is 689. The first-order valence-electron chi connectivity index (χ1n) is 7.73. The molecule has 2 aromatic rings. The van der Waals surface area contributed by atoms with Gasteiger partial charge in [0.15, 0.2) is 0 Å². The second-order valence-electron chi connectivity index (χ2n) is 5.80. The number of halogens is 2. The van der Waals surface area contributed by atoms with Crippen molar-refractivity contribution >= 4 is 34.9 Å². The Labute approximate surface area is 151 Å². The van der Waals surface area contributed by atoms with Crippen molar-refractivity contribution in [2.24, 2.45) is 5.92 Å². The van der Waals surface area contributed by atoms with Crippen molar-refractivity contribution in [2.75, 3.05) is 18.4 Å². The summed E-state index contributed by atoms with van der Waals surface area (Å²) >= 11 is 12.0. The molecule has 0 fully saturated rings. The average molecular weight is 367 g/mol. The largest absolute Gasteiger partial charge is 0.368 e. The number of nitrogens with one attached hydrogen (secondary N) is 2. The third kappa shape index (κ3) is 5.65. The Hall–Kier alpha value is -1.85. The van der Waals surface area contributed by atoms with Gasteiger partial charge in [-0.25, -0.2) is 9.97 Å². The van der Waals surface area contributed by atoms with Gasteiger partial charge in [-0.05, 0) is 30.0 Å². The lowest BCUT2D eigenvalue weighted by Gasteiger charge is -2.09. The smallest absolute Gasteiger partial charge is 0.271 e. The molecule has 1 aromatic carbocycles. The lowest BCUT2D eigenvalue weighted by molar-refractivity contribution is 0.0943. The van der Waals surface area contributed by atoms with E-state index in [0.29, 0.717) is 40.6 Å². The fourth-order valence-corrected chi connectivity index (χ4v) is 2.48. The van der Waals surface area contributed by atoms with E-state index in [1.807, 2.05) is 26.0 Å². The molecule has 0 aliphatic rings. The number of aromatic nitrogens is 2. The van der Waals surface area contributed by atoms with Gasteiger partial charge in [0, 0.05) is 23.1 Å². The lowest BCUT2D eigenvalue weighted by Crippen LogP contribution is -2.28. The van der Waals surface area contributed by atoms with E-state index in [1.54, 1.807) is 12.3 Å². The van der Waals surface area contributed by atoms with Crippen molar-refractivity contribution in [3.8, 4) is 0 Å². The van der Waals surface area contributed by atoms with Crippen molar-refractivity contribution in [1.82, 2.24) is 15.3 Å². The maximum absolute atomic E-state index is 11.9. The van der Waals surface area contributed by atoms with Crippen LogP contribution in [0.2, 0.25) is 10.0 Å². The van der Waals surface area contributed by atoms with E-state index in [0.717, 1.165) is 12.0 Å². The van der Waals surface area contributed by atoms with Crippen LogP contribution in [0, 0.1) is 5.92 Å². The molecule has 1 heterocycles. The van der Waals surface area contributed by atoms with Crippen LogP contribution in [0.3, 0.4) is 0 Å². The third-order valence-corrected chi connectivity index (χ3v) is 3.86. The van der Waals surface area contributed by atoms with Crippen LogP contribution in [0.15, 0.2) is 30.6 Å². The van der Waals surface area contributed by atoms with Gasteiger partial charge in [0.05, 0.1) is 12.4 Å². The molecule has 1 amide bonds. The number of nitrogens with zero attached hydrogens (tertiary/aromatic N) is 2. The molecule has 0 radical (unpaired) electrons. The van der Waals surface area contributed by atoms with Gasteiger partial charge in [-0.15, -0.1) is 0 Å². The highest BCUT2D eigenvalue weighted by Gasteiger charge is 2.08. The van der Waals surface area contributed by atoms with Crippen LogP contribution in [-0.4, -0.2) is 29.0 Å². The van der Waals surface area contributed by atoms with Crippen LogP contribution in [-0.2, 0) is 6.42 Å². The van der Waals surface area contributed by atoms with Gasteiger partial charge in [0.2, 0.25) is 0 Å². The number of benzene rings is 1. The predicted octanol–water partition coefficient (Wildman–Crippen LogP) is 3.82. The maximum Gasteiger partial charge on any atom is 0.271 e. The van der Waals surface area contributed by atoms with Gasteiger partial charge >= 0.3 is 0 Å². The Balaban J connectivity index is 1.84. The highest BCUT2D eigenvalue weighted by Crippen LogP contribution is 2.21. The molecule has 128 valence electrons. The van der Waals surface area contributed by atoms with Crippen molar-refractivity contribution in [3.63, 3.8) is 0 Å². The van der Waals surface area contributed by atoms with Gasteiger partial charge in [-0.1, -0.05) is 43.1 Å². The summed E-state index contributed by atoms with van der Waals surface area (Å²) in [5.74, 6) is 0.790. The van der Waals surface area contributed by atoms with Crippen molar-refractivity contribution < 1.29 is 4.79 Å². The molecule has 0 saturated heterocycles. The van der Waals surface area contributed by atoms with Gasteiger partial charge in [-0.2, -0.15) is 0 Å². The summed E-state index contributed by atoms with van der Waals surface area (Å²) < 4.78 is 0. The van der Waals surface area contributed by atoms with E-state index in [-0.39, 0.29) is 5.91 Å². The van der Waals surface area contributed by atoms with Crippen LogP contribution in [0.5, 0.6) is 0 Å². The normalized spacial score (nSPS) is 10.7. The van der Waals surface area contributed by atoms with E-state index >= 15 is 0 Å². The molecule has 2 N–H and O–H groups in total. The van der Waals surface area contributed by atoms with Crippen LogP contribution >= 0.6 is 23.2 Å². The molecule has 24 heavy (non-hydrogen) atoms. The predicted molar refractivity (Wildman–Crippen MR) is 97.9 cm³/mol. The molecule has 7 heteroatoms. The first-order valence-corrected chi connectivity index (χ1v) is 8.49. The van der Waals surface area contributed by atoms with Crippen molar-refractivity contribution in [1.29, 1.82) is 0 Å². The molecule has 0 atom stereocenters. The van der Waals surface area contributed by atoms with Gasteiger partial charge in [0.1, 0.15) is 11.5 Å². The van der Waals surface area contributed by atoms with Crippen molar-refractivity contribution in [2.45, 2.75) is 20.3 Å². The second-order valence-corrected chi connectivity index (χ2v) is 6.65. The molecule has 0 unspecified atom stereocenters. The minimum atomic E-state index is -0.212. The van der Waals surface area contributed by atoms with Crippen LogP contribution in [0.4, 0.5) is 5.82 Å². The summed E-state index contributed by atoms with van der Waals surface area (Å²) in [5, 5.41) is 7.23. The Kier molecular flexibility index (Phi) is 6.82. The quantitative estimate of drug-likeness (QED) is 0.781. The van der Waals surface area contributed by atoms with Gasteiger partial charge in [0.25, 0.3) is 5.91 Å². The summed E-state index contributed by atoms with van der Waals surface area (Å²) in [6.45, 7) is 5.33. The lowest BCUT2D eigenvalue weighted by atomic mass is 10.1. The highest BCUT2D eigenvalue weighted by molar-refractivity contribution is 6.35. The van der Waals surface area contributed by atoms with E-state index in [2.05, 4.69) is 20.6 Å². The standard InChI is InChI=1S/C17H20Cl2N4O/c1-11(2)8-23-17(24)15-9-22-16(10-21-15)20-6-5-12-3-4-13(18)7-14(12)19/h3-4,7,9-11H,5-6,8H2,1-2H3,(H,20,22)(H,23,24). The fourth-order valence-electron chi connectivity index (χ4n) is 1.97. The Morgan fingerprint density at radius 1 is 1.21 bits per heavy atom. The Morgan fingerprint density at radius 2 is 2.00 bits per heavy atom. The van der Waals surface area contributed by atoms with E-state index in [1.165, 1.54) is 6.20 Å². The first-order chi connectivity index (χ1) is 11.5. The number of carbonyl (C=O) groups is 1. The zero-order valence-corrected chi connectivity index (χ0v) is 15.2. The average Bonchev–Trinajstić information content (AvgIpc) is 2.55. The van der Waals surface area contributed by atoms with Crippen LogP contribution in [0.1, 0.15) is 29.9 Å². The summed E-state index contributed by atoms with van der Waals surface area (Å²) in [4.78, 5) is 20.2. The summed E-state index contributed by atoms with van der Waals surface area (Å²) in [6, 6.07) is 5.44. The molecule has 0 bridgehead atoms. The summed E-state index contributed by atoms with van der Waals surface area (Å²) in [5.41, 5.74) is 1.31. The monoisotopic (exact) mass is 366 g/mol. The van der Waals surface area contributed by atoms with Gasteiger partial charge in [-0.3, -0.25) is 4.79 Å². The molecule has 0 spiro atoms. The topological polar surface area (TPSA) is 66.9 Å². The fraction of sp³-hybridized carbons (Fsp3) is 0.353. The third-order valence-electron chi connectivity index (χ3n) is 3.27. The van der Waals surface area contributed by atoms with Crippen molar-refractivity contribution in [3.05, 3.63) is 51.9 Å². The van der Waals surface area contributed by atoms with Gasteiger partial charge < -0.3 is 10.6 Å². The minimum absolute atomic E-state index is 0.212. The maximum atomic E-state index is 11.9. The van der Waals surface area contributed by atoms with Crippen LogP contribution in [0.25, 0.3) is 0 Å². The SMILES string of the molecule is CC(C)CNC(=O)c1cnc(NCCc2ccc(Cl)cc2Cl)cn1. The minimum Gasteiger partial charge on any atom is -0.368 e. The highest BCUT2D eigenvalue weighted by atomic mass is 35.5. The molecular weight excluding hydrogens is 347 g/mol. The van der Waals surface area contributed by atoms with E-state index < -0.39 is 0 Å². The first kappa shape index (κ1) is 18.5. The zero-order valence-electron chi connectivity index (χ0n) is 13.6. The molecular formula is C17H20Cl2N4O. The molecule has 0 aliphatic heterocycles. The zero-order chi connectivity index (χ0) is 17.5. The number of hydrogen-bond acceptors (Lipinski definition) is 4.